The van der Waals surface area contributed by atoms with Crippen LogP contribution >= 0.6 is 22.9 Å². The number of aromatic amines is 1. The van der Waals surface area contributed by atoms with Gasteiger partial charge in [-0.1, -0.05) is 11.6 Å². The maximum atomic E-state index is 13.0. The molecular formula is C19H13ClF3N7O2S. The van der Waals surface area contributed by atoms with Gasteiger partial charge in [0.2, 0.25) is 0 Å². The Kier molecular flexibility index (Phi) is 5.99. The molecule has 0 saturated heterocycles. The van der Waals surface area contributed by atoms with Crippen molar-refractivity contribution in [2.24, 2.45) is 0 Å². The van der Waals surface area contributed by atoms with E-state index in [0.29, 0.717) is 27.8 Å². The predicted molar refractivity (Wildman–Crippen MR) is 114 cm³/mol. The lowest BCUT2D eigenvalue weighted by Gasteiger charge is -2.11. The van der Waals surface area contributed by atoms with Gasteiger partial charge in [-0.25, -0.2) is 19.9 Å². The normalized spacial score (nSPS) is 12.5. The SMILES string of the molecule is C[C@@H](NC(=O)c1cnc2nc[nH]c2c1)c1ncc(C(=O)Nc2cc(C(F)(F)F)c(Cl)cn2)s1. The van der Waals surface area contributed by atoms with Crippen molar-refractivity contribution in [3.05, 3.63) is 63.1 Å². The number of thiazole rings is 1. The zero-order valence-electron chi connectivity index (χ0n) is 16.6. The molecule has 1 atom stereocenters. The summed E-state index contributed by atoms with van der Waals surface area (Å²) in [4.78, 5) is 43.8. The van der Waals surface area contributed by atoms with Crippen molar-refractivity contribution < 1.29 is 22.8 Å². The average Bonchev–Trinajstić information content (AvgIpc) is 3.43. The second-order valence-electron chi connectivity index (χ2n) is 6.76. The van der Waals surface area contributed by atoms with Crippen LogP contribution in [0.5, 0.6) is 0 Å². The standard InChI is InChI=1S/C19H13ClF3N7O2S/c1-8(29-16(31)9-2-12-15(25-4-9)28-7-27-12)18-26-6-13(33-18)17(32)30-14-3-10(19(21,22)23)11(20)5-24-14/h2-8H,1H3,(H,29,31)(H,24,30,32)(H,25,27,28)/t8-/m1/s1. The monoisotopic (exact) mass is 495 g/mol. The Balaban J connectivity index is 1.43. The van der Waals surface area contributed by atoms with E-state index < -0.39 is 34.6 Å². The van der Waals surface area contributed by atoms with Crippen LogP contribution in [0.3, 0.4) is 0 Å². The van der Waals surface area contributed by atoms with Crippen LogP contribution in [-0.2, 0) is 6.18 Å². The number of H-pyrrole nitrogens is 1. The van der Waals surface area contributed by atoms with Crippen molar-refractivity contribution in [3.8, 4) is 0 Å². The Morgan fingerprint density at radius 3 is 2.64 bits per heavy atom. The van der Waals surface area contributed by atoms with Gasteiger partial charge in [-0.05, 0) is 19.1 Å². The van der Waals surface area contributed by atoms with E-state index in [9.17, 15) is 22.8 Å². The molecule has 14 heteroatoms. The molecule has 9 nitrogen and oxygen atoms in total. The highest BCUT2D eigenvalue weighted by molar-refractivity contribution is 7.13. The molecule has 0 saturated carbocycles. The van der Waals surface area contributed by atoms with Crippen molar-refractivity contribution in [1.29, 1.82) is 0 Å². The molecule has 0 fully saturated rings. The lowest BCUT2D eigenvalue weighted by Crippen LogP contribution is -2.26. The number of imidazole rings is 1. The van der Waals surface area contributed by atoms with Crippen molar-refractivity contribution in [1.82, 2.24) is 30.2 Å². The van der Waals surface area contributed by atoms with Gasteiger partial charge in [-0.3, -0.25) is 9.59 Å². The lowest BCUT2D eigenvalue weighted by molar-refractivity contribution is -0.137. The number of carbonyl (C=O) groups is 2. The van der Waals surface area contributed by atoms with E-state index in [4.69, 9.17) is 11.6 Å². The summed E-state index contributed by atoms with van der Waals surface area (Å²) >= 11 is 6.51. The molecule has 2 amide bonds. The number of rotatable bonds is 5. The van der Waals surface area contributed by atoms with Gasteiger partial charge < -0.3 is 15.6 Å². The van der Waals surface area contributed by atoms with Gasteiger partial charge in [0.05, 0.1) is 40.2 Å². The Hall–Kier alpha value is -3.58. The molecule has 0 aliphatic heterocycles. The van der Waals surface area contributed by atoms with Gasteiger partial charge in [0.1, 0.15) is 15.7 Å². The van der Waals surface area contributed by atoms with E-state index in [0.717, 1.165) is 17.5 Å². The van der Waals surface area contributed by atoms with Gasteiger partial charge in [0.25, 0.3) is 11.8 Å². The fourth-order valence-electron chi connectivity index (χ4n) is 2.79. The number of pyridine rings is 2. The lowest BCUT2D eigenvalue weighted by atomic mass is 10.2. The Bertz CT molecular complexity index is 1350. The predicted octanol–water partition coefficient (Wildman–Crippen LogP) is 4.22. The van der Waals surface area contributed by atoms with Gasteiger partial charge in [-0.15, -0.1) is 11.3 Å². The fraction of sp³-hybridized carbons (Fsp3) is 0.158. The van der Waals surface area contributed by atoms with E-state index in [-0.39, 0.29) is 10.7 Å². The molecule has 0 radical (unpaired) electrons. The van der Waals surface area contributed by atoms with Crippen molar-refractivity contribution in [2.45, 2.75) is 19.1 Å². The number of hydrogen-bond donors (Lipinski definition) is 3. The summed E-state index contributed by atoms with van der Waals surface area (Å²) in [6.45, 7) is 1.68. The number of anilines is 1. The number of alkyl halides is 3. The third-order valence-electron chi connectivity index (χ3n) is 4.40. The highest BCUT2D eigenvalue weighted by Gasteiger charge is 2.34. The number of amides is 2. The molecule has 4 rings (SSSR count). The minimum atomic E-state index is -4.69. The zero-order valence-corrected chi connectivity index (χ0v) is 18.1. The summed E-state index contributed by atoms with van der Waals surface area (Å²) in [5, 5.41) is 4.88. The molecule has 0 aliphatic rings. The van der Waals surface area contributed by atoms with Crippen LogP contribution in [-0.4, -0.2) is 36.7 Å². The van der Waals surface area contributed by atoms with Crippen LogP contribution in [0.25, 0.3) is 11.2 Å². The van der Waals surface area contributed by atoms with Crippen molar-refractivity contribution in [2.75, 3.05) is 5.32 Å². The smallest absolute Gasteiger partial charge is 0.343 e. The van der Waals surface area contributed by atoms with Crippen molar-refractivity contribution in [3.63, 3.8) is 0 Å². The molecule has 33 heavy (non-hydrogen) atoms. The molecule has 0 aromatic carbocycles. The number of hydrogen-bond acceptors (Lipinski definition) is 7. The largest absolute Gasteiger partial charge is 0.418 e. The molecule has 0 aliphatic carbocycles. The summed E-state index contributed by atoms with van der Waals surface area (Å²) in [5.74, 6) is -1.42. The highest BCUT2D eigenvalue weighted by Crippen LogP contribution is 2.35. The maximum Gasteiger partial charge on any atom is 0.418 e. The number of nitrogens with one attached hydrogen (secondary N) is 3. The first-order valence-corrected chi connectivity index (χ1v) is 10.4. The Morgan fingerprint density at radius 2 is 1.88 bits per heavy atom. The topological polar surface area (TPSA) is 126 Å². The number of carbonyl (C=O) groups excluding carboxylic acids is 2. The van der Waals surface area contributed by atoms with Gasteiger partial charge >= 0.3 is 6.18 Å². The molecule has 4 heterocycles. The molecule has 0 unspecified atom stereocenters. The summed E-state index contributed by atoms with van der Waals surface area (Å²) in [7, 11) is 0. The molecule has 3 N–H and O–H groups in total. The van der Waals surface area contributed by atoms with Gasteiger partial charge in [-0.2, -0.15) is 13.2 Å². The molecule has 170 valence electrons. The van der Waals surface area contributed by atoms with E-state index in [1.807, 2.05) is 0 Å². The first-order valence-electron chi connectivity index (χ1n) is 9.21. The fourth-order valence-corrected chi connectivity index (χ4v) is 3.82. The first kappa shape index (κ1) is 22.6. The van der Waals surface area contributed by atoms with Crippen LogP contribution in [0.2, 0.25) is 5.02 Å². The average molecular weight is 496 g/mol. The number of nitrogens with zero attached hydrogens (tertiary/aromatic N) is 4. The third kappa shape index (κ3) is 4.93. The van der Waals surface area contributed by atoms with E-state index in [2.05, 4.69) is 35.6 Å². The Morgan fingerprint density at radius 1 is 1.09 bits per heavy atom. The molecule has 4 aromatic rings. The minimum absolute atomic E-state index is 0.122. The van der Waals surface area contributed by atoms with Crippen LogP contribution in [0, 0.1) is 0 Å². The summed E-state index contributed by atoms with van der Waals surface area (Å²) < 4.78 is 39.0. The number of aromatic nitrogens is 5. The van der Waals surface area contributed by atoms with E-state index >= 15 is 0 Å². The molecule has 0 spiro atoms. The van der Waals surface area contributed by atoms with Crippen LogP contribution in [0.15, 0.2) is 37.1 Å². The summed E-state index contributed by atoms with van der Waals surface area (Å²) in [6.07, 6.45) is 0.234. The quantitative estimate of drug-likeness (QED) is 0.380. The number of fused-ring (bicyclic) bond motifs is 1. The minimum Gasteiger partial charge on any atom is -0.343 e. The van der Waals surface area contributed by atoms with Crippen LogP contribution in [0.1, 0.15) is 43.6 Å². The van der Waals surface area contributed by atoms with Crippen LogP contribution < -0.4 is 10.6 Å². The third-order valence-corrected chi connectivity index (χ3v) is 5.88. The first-order chi connectivity index (χ1) is 15.6. The van der Waals surface area contributed by atoms with Crippen molar-refractivity contribution >= 4 is 51.7 Å². The second kappa shape index (κ2) is 8.75. The highest BCUT2D eigenvalue weighted by atomic mass is 35.5. The van der Waals surface area contributed by atoms with E-state index in [1.54, 1.807) is 13.0 Å². The zero-order chi connectivity index (χ0) is 23.8. The summed E-state index contributed by atoms with van der Waals surface area (Å²) in [6, 6.07) is 1.70. The Labute approximate surface area is 192 Å². The molecular weight excluding hydrogens is 483 g/mol. The second-order valence-corrected chi connectivity index (χ2v) is 8.23. The maximum absolute atomic E-state index is 13.0. The van der Waals surface area contributed by atoms with Crippen LogP contribution in [0.4, 0.5) is 19.0 Å². The van der Waals surface area contributed by atoms with Gasteiger partial charge in [0.15, 0.2) is 5.65 Å². The van der Waals surface area contributed by atoms with Gasteiger partial charge in [0, 0.05) is 12.4 Å². The van der Waals surface area contributed by atoms with E-state index in [1.165, 1.54) is 18.7 Å². The number of halogens is 4. The molecule has 4 aromatic heterocycles. The summed E-state index contributed by atoms with van der Waals surface area (Å²) in [5.41, 5.74) is 0.279. The molecule has 0 bridgehead atoms.